The van der Waals surface area contributed by atoms with Crippen LogP contribution in [0.3, 0.4) is 0 Å². The van der Waals surface area contributed by atoms with Crippen LogP contribution >= 0.6 is 15.9 Å². The van der Waals surface area contributed by atoms with Gasteiger partial charge in [-0.1, -0.05) is 42.1 Å². The molecule has 0 spiro atoms. The SMILES string of the molecule is CCCCCCBr.[Mg]. The minimum absolute atomic E-state index is 0. The van der Waals surface area contributed by atoms with E-state index in [0.29, 0.717) is 0 Å². The predicted octanol–water partition coefficient (Wildman–Crippen LogP) is 2.58. The average molecular weight is 189 g/mol. The molecule has 0 amide bonds. The molecule has 0 rings (SSSR count). The van der Waals surface area contributed by atoms with Crippen LogP contribution in [0, 0.1) is 0 Å². The molecular formula is C6H13BrMg. The highest BCUT2D eigenvalue weighted by Gasteiger charge is 1.81. The first kappa shape index (κ1) is 12.0. The van der Waals surface area contributed by atoms with E-state index < -0.39 is 0 Å². The van der Waals surface area contributed by atoms with Crippen LogP contribution in [-0.4, -0.2) is 28.4 Å². The lowest BCUT2D eigenvalue weighted by atomic mass is 10.2. The van der Waals surface area contributed by atoms with Gasteiger partial charge in [-0.05, 0) is 6.42 Å². The molecule has 0 aromatic heterocycles. The Morgan fingerprint density at radius 3 is 2.12 bits per heavy atom. The summed E-state index contributed by atoms with van der Waals surface area (Å²) in [7, 11) is 0. The average Bonchev–Trinajstić information content (AvgIpc) is 1.69. The summed E-state index contributed by atoms with van der Waals surface area (Å²) in [5.74, 6) is 0. The van der Waals surface area contributed by atoms with Crippen LogP contribution in [-0.2, 0) is 0 Å². The molecule has 0 aliphatic rings. The van der Waals surface area contributed by atoms with Crippen molar-refractivity contribution in [2.75, 3.05) is 5.33 Å². The first-order valence-electron chi connectivity index (χ1n) is 2.97. The standard InChI is InChI=1S/C6H13Br.Mg/c1-2-3-4-5-6-7;/h2-6H2,1H3;. The van der Waals surface area contributed by atoms with Crippen LogP contribution in [0.1, 0.15) is 32.6 Å². The molecule has 0 heterocycles. The van der Waals surface area contributed by atoms with E-state index in [2.05, 4.69) is 22.9 Å². The lowest BCUT2D eigenvalue weighted by molar-refractivity contribution is 0.708. The van der Waals surface area contributed by atoms with Crippen LogP contribution in [0.4, 0.5) is 0 Å². The second-order valence-electron chi connectivity index (χ2n) is 1.75. The summed E-state index contributed by atoms with van der Waals surface area (Å²) < 4.78 is 0. The minimum atomic E-state index is 0. The Labute approximate surface area is 76.7 Å². The summed E-state index contributed by atoms with van der Waals surface area (Å²) >= 11 is 3.38. The summed E-state index contributed by atoms with van der Waals surface area (Å²) in [4.78, 5) is 0. The van der Waals surface area contributed by atoms with Crippen molar-refractivity contribution >= 4 is 39.0 Å². The summed E-state index contributed by atoms with van der Waals surface area (Å²) in [6, 6.07) is 0. The highest BCUT2D eigenvalue weighted by Crippen LogP contribution is 1.99. The van der Waals surface area contributed by atoms with Crippen molar-refractivity contribution in [1.29, 1.82) is 0 Å². The van der Waals surface area contributed by atoms with E-state index >= 15 is 0 Å². The molecule has 8 heavy (non-hydrogen) atoms. The molecule has 0 bridgehead atoms. The van der Waals surface area contributed by atoms with Crippen molar-refractivity contribution in [3.8, 4) is 0 Å². The van der Waals surface area contributed by atoms with Crippen molar-refractivity contribution in [3.05, 3.63) is 0 Å². The van der Waals surface area contributed by atoms with Crippen molar-refractivity contribution in [1.82, 2.24) is 0 Å². The molecule has 46 valence electrons. The fourth-order valence-electron chi connectivity index (χ4n) is 0.521. The normalized spacial score (nSPS) is 8.25. The van der Waals surface area contributed by atoms with Gasteiger partial charge in [-0.25, -0.2) is 0 Å². The third-order valence-electron chi connectivity index (χ3n) is 0.987. The van der Waals surface area contributed by atoms with Gasteiger partial charge in [-0.2, -0.15) is 0 Å². The summed E-state index contributed by atoms with van der Waals surface area (Å²) in [5.41, 5.74) is 0. The van der Waals surface area contributed by atoms with Gasteiger partial charge < -0.3 is 0 Å². The molecule has 0 fully saturated rings. The van der Waals surface area contributed by atoms with Gasteiger partial charge in [0.05, 0.1) is 0 Å². The quantitative estimate of drug-likeness (QED) is 0.362. The first-order valence-corrected chi connectivity index (χ1v) is 4.10. The van der Waals surface area contributed by atoms with Gasteiger partial charge in [0, 0.05) is 28.4 Å². The van der Waals surface area contributed by atoms with Gasteiger partial charge in [-0.3, -0.25) is 0 Å². The molecule has 0 atom stereocenters. The van der Waals surface area contributed by atoms with E-state index in [9.17, 15) is 0 Å². The Morgan fingerprint density at radius 2 is 1.75 bits per heavy atom. The van der Waals surface area contributed by atoms with Crippen molar-refractivity contribution < 1.29 is 0 Å². The molecule has 0 N–H and O–H groups in total. The Kier molecular flexibility index (Phi) is 16.6. The Morgan fingerprint density at radius 1 is 1.12 bits per heavy atom. The van der Waals surface area contributed by atoms with Crippen molar-refractivity contribution in [2.45, 2.75) is 32.6 Å². The molecule has 0 aliphatic carbocycles. The second kappa shape index (κ2) is 11.1. The van der Waals surface area contributed by atoms with Crippen LogP contribution < -0.4 is 0 Å². The summed E-state index contributed by atoms with van der Waals surface area (Å²) in [6.07, 6.45) is 5.47. The molecule has 2 heteroatoms. The Hall–Kier alpha value is 1.25. The zero-order valence-electron chi connectivity index (χ0n) is 5.62. The fraction of sp³-hybridized carbons (Fsp3) is 1.00. The molecule has 0 nitrogen and oxygen atoms in total. The largest absolute Gasteiger partial charge is 0.0928 e. The van der Waals surface area contributed by atoms with E-state index in [-0.39, 0.29) is 23.1 Å². The number of halogens is 1. The van der Waals surface area contributed by atoms with Gasteiger partial charge in [0.2, 0.25) is 0 Å². The highest BCUT2D eigenvalue weighted by molar-refractivity contribution is 9.09. The van der Waals surface area contributed by atoms with Gasteiger partial charge >= 0.3 is 0 Å². The maximum absolute atomic E-state index is 3.38. The monoisotopic (exact) mass is 188 g/mol. The second-order valence-corrected chi connectivity index (χ2v) is 2.54. The molecule has 0 aromatic rings. The zero-order chi connectivity index (χ0) is 5.54. The minimum Gasteiger partial charge on any atom is -0.0928 e. The lowest BCUT2D eigenvalue weighted by Gasteiger charge is -1.89. The topological polar surface area (TPSA) is 0 Å². The molecule has 0 saturated carbocycles. The number of unbranched alkanes of at least 4 members (excludes halogenated alkanes) is 3. The van der Waals surface area contributed by atoms with Crippen LogP contribution in [0.5, 0.6) is 0 Å². The lowest BCUT2D eigenvalue weighted by Crippen LogP contribution is -1.73. The molecule has 2 radical (unpaired) electrons. The van der Waals surface area contributed by atoms with Crippen LogP contribution in [0.15, 0.2) is 0 Å². The molecule has 0 aliphatic heterocycles. The molecule has 0 saturated heterocycles. The van der Waals surface area contributed by atoms with E-state index in [1.54, 1.807) is 0 Å². The Bertz CT molecular complexity index is 27.7. The van der Waals surface area contributed by atoms with E-state index in [1.165, 1.54) is 31.0 Å². The maximum atomic E-state index is 3.38. The molecular weight excluding hydrogens is 176 g/mol. The van der Waals surface area contributed by atoms with Crippen molar-refractivity contribution in [3.63, 3.8) is 0 Å². The predicted molar refractivity (Wildman–Crippen MR) is 43.7 cm³/mol. The number of rotatable bonds is 4. The fourth-order valence-corrected chi connectivity index (χ4v) is 0.918. The van der Waals surface area contributed by atoms with Gasteiger partial charge in [0.1, 0.15) is 0 Å². The first-order chi connectivity index (χ1) is 3.41. The van der Waals surface area contributed by atoms with E-state index in [1.807, 2.05) is 0 Å². The van der Waals surface area contributed by atoms with Crippen molar-refractivity contribution in [2.24, 2.45) is 0 Å². The highest BCUT2D eigenvalue weighted by atomic mass is 79.9. The number of alkyl halides is 1. The molecule has 0 unspecified atom stereocenters. The number of hydrogen-bond donors (Lipinski definition) is 0. The summed E-state index contributed by atoms with van der Waals surface area (Å²) in [6.45, 7) is 2.23. The smallest absolute Gasteiger partial charge is 0.00313 e. The number of hydrogen-bond acceptors (Lipinski definition) is 0. The summed E-state index contributed by atoms with van der Waals surface area (Å²) in [5, 5.41) is 1.17. The van der Waals surface area contributed by atoms with E-state index in [0.717, 1.165) is 0 Å². The third-order valence-corrected chi connectivity index (χ3v) is 1.55. The van der Waals surface area contributed by atoms with Gasteiger partial charge in [-0.15, -0.1) is 0 Å². The van der Waals surface area contributed by atoms with Crippen LogP contribution in [0.25, 0.3) is 0 Å². The van der Waals surface area contributed by atoms with E-state index in [4.69, 9.17) is 0 Å². The van der Waals surface area contributed by atoms with Gasteiger partial charge in [0.15, 0.2) is 0 Å². The third kappa shape index (κ3) is 10.3. The Balaban J connectivity index is 0. The zero-order valence-corrected chi connectivity index (χ0v) is 8.62. The maximum Gasteiger partial charge on any atom is 0.00313 e. The van der Waals surface area contributed by atoms with Crippen LogP contribution in [0.2, 0.25) is 0 Å². The van der Waals surface area contributed by atoms with Gasteiger partial charge in [0.25, 0.3) is 0 Å². The molecule has 0 aromatic carbocycles.